The average Bonchev–Trinajstić information content (AvgIpc) is 2.74. The van der Waals surface area contributed by atoms with Crippen LogP contribution < -0.4 is 4.72 Å². The lowest BCUT2D eigenvalue weighted by Crippen LogP contribution is -2.40. The second-order valence-corrected chi connectivity index (χ2v) is 8.93. The van der Waals surface area contributed by atoms with Gasteiger partial charge in [-0.2, -0.15) is 5.26 Å². The molecule has 7 nitrogen and oxygen atoms in total. The van der Waals surface area contributed by atoms with E-state index in [0.29, 0.717) is 37.6 Å². The van der Waals surface area contributed by atoms with Gasteiger partial charge in [0.15, 0.2) is 0 Å². The van der Waals surface area contributed by atoms with Gasteiger partial charge in [0.05, 0.1) is 36.2 Å². The first-order chi connectivity index (χ1) is 13.9. The Kier molecular flexibility index (Phi) is 6.79. The summed E-state index contributed by atoms with van der Waals surface area (Å²) >= 11 is 1.40. The predicted molar refractivity (Wildman–Crippen MR) is 112 cm³/mol. The Balaban J connectivity index is 1.87. The summed E-state index contributed by atoms with van der Waals surface area (Å²) in [5.41, 5.74) is 1.56. The second kappa shape index (κ2) is 9.31. The van der Waals surface area contributed by atoms with Crippen molar-refractivity contribution in [1.82, 2.24) is 4.90 Å². The number of carbonyl (C=O) groups excluding carboxylic acids is 1. The van der Waals surface area contributed by atoms with Gasteiger partial charge in [-0.15, -0.1) is 11.8 Å². The van der Waals surface area contributed by atoms with E-state index in [1.165, 1.54) is 23.9 Å². The van der Waals surface area contributed by atoms with Crippen molar-refractivity contribution in [1.29, 1.82) is 5.26 Å². The number of hydrogen-bond donors (Lipinski definition) is 1. The average molecular weight is 432 g/mol. The van der Waals surface area contributed by atoms with Crippen molar-refractivity contribution in [3.63, 3.8) is 0 Å². The number of thioether (sulfide) groups is 1. The molecular formula is C20H21N3O4S2. The van der Waals surface area contributed by atoms with Gasteiger partial charge in [0.25, 0.3) is 15.9 Å². The normalized spacial score (nSPS) is 14.3. The molecule has 0 atom stereocenters. The fourth-order valence-electron chi connectivity index (χ4n) is 2.95. The summed E-state index contributed by atoms with van der Waals surface area (Å²) < 4.78 is 33.5. The van der Waals surface area contributed by atoms with Gasteiger partial charge in [0, 0.05) is 23.7 Å². The molecule has 2 aromatic rings. The number of sulfonamides is 1. The van der Waals surface area contributed by atoms with Crippen LogP contribution in [0.2, 0.25) is 0 Å². The third-order valence-corrected chi connectivity index (χ3v) is 6.67. The van der Waals surface area contributed by atoms with Crippen molar-refractivity contribution < 1.29 is 17.9 Å². The van der Waals surface area contributed by atoms with Crippen LogP contribution >= 0.6 is 11.8 Å². The summed E-state index contributed by atoms with van der Waals surface area (Å²) in [6, 6.07) is 13.2. The van der Waals surface area contributed by atoms with Gasteiger partial charge >= 0.3 is 0 Å². The van der Waals surface area contributed by atoms with Crippen molar-refractivity contribution in [2.45, 2.75) is 16.2 Å². The monoisotopic (exact) mass is 431 g/mol. The molecule has 0 bridgehead atoms. The van der Waals surface area contributed by atoms with Gasteiger partial charge in [-0.1, -0.05) is 12.1 Å². The summed E-state index contributed by atoms with van der Waals surface area (Å²) in [6.07, 6.45) is 2.11. The number of carbonyl (C=O) groups is 1. The Morgan fingerprint density at radius 1 is 1.21 bits per heavy atom. The maximum absolute atomic E-state index is 12.9. The van der Waals surface area contributed by atoms with Crippen LogP contribution in [0.15, 0.2) is 52.3 Å². The van der Waals surface area contributed by atoms with Crippen molar-refractivity contribution in [3.05, 3.63) is 53.6 Å². The molecule has 0 aromatic heterocycles. The van der Waals surface area contributed by atoms with Gasteiger partial charge in [0.1, 0.15) is 0 Å². The zero-order valence-electron chi connectivity index (χ0n) is 15.9. The fourth-order valence-corrected chi connectivity index (χ4v) is 4.61. The van der Waals surface area contributed by atoms with Crippen molar-refractivity contribution in [3.8, 4) is 6.07 Å². The molecule has 1 N–H and O–H groups in total. The highest BCUT2D eigenvalue weighted by Gasteiger charge is 2.24. The minimum absolute atomic E-state index is 0.0213. The van der Waals surface area contributed by atoms with E-state index in [1.54, 1.807) is 35.2 Å². The van der Waals surface area contributed by atoms with Gasteiger partial charge in [-0.25, -0.2) is 8.42 Å². The van der Waals surface area contributed by atoms with E-state index < -0.39 is 10.0 Å². The van der Waals surface area contributed by atoms with E-state index in [0.717, 1.165) is 10.5 Å². The van der Waals surface area contributed by atoms with Crippen LogP contribution in [0.25, 0.3) is 0 Å². The number of nitrogens with one attached hydrogen (secondary N) is 1. The van der Waals surface area contributed by atoms with E-state index in [2.05, 4.69) is 4.72 Å². The Bertz CT molecular complexity index is 1020. The highest BCUT2D eigenvalue weighted by atomic mass is 32.2. The molecule has 0 radical (unpaired) electrons. The number of benzene rings is 2. The van der Waals surface area contributed by atoms with Crippen LogP contribution in [0.4, 0.5) is 5.69 Å². The van der Waals surface area contributed by atoms with E-state index in [-0.39, 0.29) is 17.2 Å². The lowest BCUT2D eigenvalue weighted by atomic mass is 10.1. The largest absolute Gasteiger partial charge is 0.378 e. The summed E-state index contributed by atoms with van der Waals surface area (Å²) in [5.74, 6) is -0.199. The maximum Gasteiger partial charge on any atom is 0.261 e. The minimum Gasteiger partial charge on any atom is -0.378 e. The third kappa shape index (κ3) is 5.09. The highest BCUT2D eigenvalue weighted by Crippen LogP contribution is 2.26. The number of rotatable bonds is 6. The number of anilines is 1. The Morgan fingerprint density at radius 3 is 2.52 bits per heavy atom. The first kappa shape index (κ1) is 21.2. The van der Waals surface area contributed by atoms with Crippen LogP contribution in [-0.4, -0.2) is 51.8 Å². The standard InChI is InChI=1S/C20H21N3O4S2/c1-28-19-7-6-17(14-18(19)20(24)23-10-12-27-13-11-23)29(25,26)22-16-4-2-15(3-5-16)8-9-21/h2-7,14,22H,8,10-13H2,1H3. The zero-order chi connectivity index (χ0) is 20.9. The lowest BCUT2D eigenvalue weighted by Gasteiger charge is -2.27. The molecular weight excluding hydrogens is 410 g/mol. The molecule has 3 rings (SSSR count). The number of ether oxygens (including phenoxy) is 1. The minimum atomic E-state index is -3.87. The highest BCUT2D eigenvalue weighted by molar-refractivity contribution is 7.98. The fraction of sp³-hybridized carbons (Fsp3) is 0.300. The molecule has 9 heteroatoms. The summed E-state index contributed by atoms with van der Waals surface area (Å²) in [7, 11) is -3.87. The molecule has 0 spiro atoms. The molecule has 0 unspecified atom stereocenters. The molecule has 29 heavy (non-hydrogen) atoms. The number of nitriles is 1. The van der Waals surface area contributed by atoms with Crippen LogP contribution in [0, 0.1) is 11.3 Å². The van der Waals surface area contributed by atoms with Crippen molar-refractivity contribution in [2.24, 2.45) is 0 Å². The van der Waals surface area contributed by atoms with Crippen LogP contribution in [0.3, 0.4) is 0 Å². The summed E-state index contributed by atoms with van der Waals surface area (Å²) in [4.78, 5) is 15.4. The van der Waals surface area contributed by atoms with E-state index in [9.17, 15) is 13.2 Å². The van der Waals surface area contributed by atoms with E-state index in [4.69, 9.17) is 10.00 Å². The van der Waals surface area contributed by atoms with E-state index >= 15 is 0 Å². The topological polar surface area (TPSA) is 99.5 Å². The lowest BCUT2D eigenvalue weighted by molar-refractivity contribution is 0.0300. The Hall–Kier alpha value is -2.54. The number of morpholine rings is 1. The molecule has 2 aromatic carbocycles. The SMILES string of the molecule is CSc1ccc(S(=O)(=O)Nc2ccc(CC#N)cc2)cc1C(=O)N1CCOCC1. The van der Waals surface area contributed by atoms with Gasteiger partial charge in [-0.3, -0.25) is 9.52 Å². The quantitative estimate of drug-likeness (QED) is 0.706. The number of amides is 1. The van der Waals surface area contributed by atoms with Crippen LogP contribution in [0.5, 0.6) is 0 Å². The molecule has 1 amide bonds. The first-order valence-electron chi connectivity index (χ1n) is 8.98. The van der Waals surface area contributed by atoms with Crippen molar-refractivity contribution >= 4 is 33.4 Å². The summed E-state index contributed by atoms with van der Waals surface area (Å²) in [5, 5.41) is 8.73. The van der Waals surface area contributed by atoms with E-state index in [1.807, 2.05) is 12.3 Å². The predicted octanol–water partition coefficient (Wildman–Crippen LogP) is 2.75. The second-order valence-electron chi connectivity index (χ2n) is 6.40. The van der Waals surface area contributed by atoms with Gasteiger partial charge < -0.3 is 9.64 Å². The third-order valence-electron chi connectivity index (χ3n) is 4.50. The molecule has 1 aliphatic heterocycles. The Morgan fingerprint density at radius 2 is 1.90 bits per heavy atom. The molecule has 152 valence electrons. The molecule has 0 aliphatic carbocycles. The molecule has 1 aliphatic rings. The summed E-state index contributed by atoms with van der Waals surface area (Å²) in [6.45, 7) is 1.91. The molecule has 1 saturated heterocycles. The maximum atomic E-state index is 12.9. The number of hydrogen-bond acceptors (Lipinski definition) is 6. The Labute approximate surface area is 174 Å². The molecule has 1 heterocycles. The van der Waals surface area contributed by atoms with Gasteiger partial charge in [-0.05, 0) is 42.2 Å². The molecule has 1 fully saturated rings. The molecule has 0 saturated carbocycles. The van der Waals surface area contributed by atoms with Crippen LogP contribution in [-0.2, 0) is 21.2 Å². The van der Waals surface area contributed by atoms with Crippen molar-refractivity contribution in [2.75, 3.05) is 37.3 Å². The zero-order valence-corrected chi connectivity index (χ0v) is 17.6. The first-order valence-corrected chi connectivity index (χ1v) is 11.7. The van der Waals surface area contributed by atoms with Crippen LogP contribution in [0.1, 0.15) is 15.9 Å². The smallest absolute Gasteiger partial charge is 0.261 e. The van der Waals surface area contributed by atoms with Gasteiger partial charge in [0.2, 0.25) is 0 Å². The number of nitrogens with zero attached hydrogens (tertiary/aromatic N) is 2.